The van der Waals surface area contributed by atoms with E-state index in [-0.39, 0.29) is 12.3 Å². The van der Waals surface area contributed by atoms with Crippen molar-refractivity contribution in [1.29, 1.82) is 15.8 Å². The zero-order chi connectivity index (χ0) is 23.5. The van der Waals surface area contributed by atoms with Crippen molar-refractivity contribution in [2.45, 2.75) is 46.5 Å². The fourth-order valence-electron chi connectivity index (χ4n) is 1.36. The Hall–Kier alpha value is -4.02. The van der Waals surface area contributed by atoms with E-state index in [2.05, 4.69) is 10.8 Å². The number of carbonyl (C=O) groups is 1. The van der Waals surface area contributed by atoms with Gasteiger partial charge in [-0.25, -0.2) is 4.79 Å². The molecule has 0 radical (unpaired) electrons. The number of hydrogen-bond donors (Lipinski definition) is 0. The first-order valence-electron chi connectivity index (χ1n) is 8.27. The second kappa shape index (κ2) is 28.8. The Morgan fingerprint density at radius 2 is 1.38 bits per heavy atom. The highest BCUT2D eigenvalue weighted by molar-refractivity contribution is 5.68. The van der Waals surface area contributed by atoms with Crippen LogP contribution < -0.4 is 0 Å². The molecule has 10 heteroatoms. The molecule has 0 N–H and O–H groups in total. The van der Waals surface area contributed by atoms with E-state index in [9.17, 15) is 4.79 Å². The Kier molecular flexibility index (Phi) is 32.4. The highest BCUT2D eigenvalue weighted by Gasteiger charge is 2.08. The van der Waals surface area contributed by atoms with E-state index in [1.165, 1.54) is 18.2 Å². The van der Waals surface area contributed by atoms with Gasteiger partial charge in [0.15, 0.2) is 0 Å². The fourth-order valence-corrected chi connectivity index (χ4v) is 1.36. The lowest BCUT2D eigenvalue weighted by molar-refractivity contribution is -0.193. The number of hydrogen-bond acceptors (Lipinski definition) is 9. The van der Waals surface area contributed by atoms with Gasteiger partial charge < -0.3 is 4.74 Å². The Morgan fingerprint density at radius 3 is 1.66 bits per heavy atom. The maximum absolute atomic E-state index is 11.1. The molecule has 0 spiro atoms. The molecule has 156 valence electrons. The number of amides is 1. The number of ether oxygens (including phenoxy) is 1. The molecule has 0 saturated heterocycles. The van der Waals surface area contributed by atoms with E-state index < -0.39 is 6.09 Å². The molecule has 0 rings (SSSR count). The molecule has 0 aliphatic carbocycles. The van der Waals surface area contributed by atoms with Gasteiger partial charge in [0.05, 0.1) is 25.3 Å². The topological polar surface area (TPSA) is 169 Å². The molecule has 0 aromatic rings. The molecule has 0 atom stereocenters. The summed E-state index contributed by atoms with van der Waals surface area (Å²) in [5.74, 6) is 0. The van der Waals surface area contributed by atoms with E-state index in [1.807, 2.05) is 39.0 Å². The number of allylic oxidation sites excluding steroid dienone is 3. The lowest BCUT2D eigenvalue weighted by Gasteiger charge is -2.14. The lowest BCUT2D eigenvalue weighted by Crippen LogP contribution is -2.25. The second-order valence-electron chi connectivity index (χ2n) is 4.43. The third-order valence-corrected chi connectivity index (χ3v) is 2.76. The highest BCUT2D eigenvalue weighted by atomic mass is 16.5. The van der Waals surface area contributed by atoms with Crippen molar-refractivity contribution in [3.63, 3.8) is 0 Å². The molecule has 0 heterocycles. The van der Waals surface area contributed by atoms with Crippen LogP contribution in [0.2, 0.25) is 0 Å². The summed E-state index contributed by atoms with van der Waals surface area (Å²) in [6.07, 6.45) is 5.99. The zero-order valence-corrected chi connectivity index (χ0v) is 16.9. The Labute approximate surface area is 170 Å². The van der Waals surface area contributed by atoms with Crippen LogP contribution in [0.1, 0.15) is 46.5 Å². The van der Waals surface area contributed by atoms with Gasteiger partial charge in [-0.3, -0.25) is 4.90 Å². The normalized spacial score (nSPS) is 8.72. The lowest BCUT2D eigenvalue weighted by atomic mass is 10.2. The molecule has 29 heavy (non-hydrogen) atoms. The van der Waals surface area contributed by atoms with E-state index in [0.29, 0.717) is 31.4 Å². The number of unbranched alkanes of at least 4 members (excludes halogenated alkanes) is 1. The van der Waals surface area contributed by atoms with Gasteiger partial charge in [-0.15, -0.1) is 0 Å². The summed E-state index contributed by atoms with van der Waals surface area (Å²) in [6.45, 7) is 6.11. The standard InChI is InChI=1S/C9H14N2O2.C8H10N2.2CO2/c1-4-8(6-10)7-11(5-2)9(12)13-3;1-2-8(7-10)5-3-4-6-9;2*2-1-3/h7H,4-5H2,1-3H3;5H,2-4H2,1H3;;/b8-7-;8-5-;;. The van der Waals surface area contributed by atoms with Crippen molar-refractivity contribution < 1.29 is 28.7 Å². The van der Waals surface area contributed by atoms with Gasteiger partial charge >= 0.3 is 18.4 Å². The minimum absolute atomic E-state index is 0.250. The van der Waals surface area contributed by atoms with E-state index >= 15 is 0 Å². The largest absolute Gasteiger partial charge is 0.452 e. The van der Waals surface area contributed by atoms with Gasteiger partial charge in [-0.1, -0.05) is 19.9 Å². The number of methoxy groups -OCH3 is 1. The van der Waals surface area contributed by atoms with Crippen LogP contribution in [-0.2, 0) is 23.9 Å². The summed E-state index contributed by atoms with van der Waals surface area (Å²) < 4.78 is 4.53. The van der Waals surface area contributed by atoms with Crippen molar-refractivity contribution in [2.75, 3.05) is 13.7 Å². The molecule has 0 unspecified atom stereocenters. The van der Waals surface area contributed by atoms with Gasteiger partial charge in [-0.05, 0) is 26.2 Å². The molecule has 0 aromatic carbocycles. The molecule has 1 amide bonds. The van der Waals surface area contributed by atoms with Crippen molar-refractivity contribution in [2.24, 2.45) is 0 Å². The predicted molar refractivity (Wildman–Crippen MR) is 97.6 cm³/mol. The number of rotatable bonds is 6. The maximum Gasteiger partial charge on any atom is 0.413 e. The molecule has 0 bridgehead atoms. The Balaban J connectivity index is -0.000000172. The third kappa shape index (κ3) is 26.3. The molecule has 0 aromatic heterocycles. The molecular formula is C19H24N4O6. The first-order chi connectivity index (χ1) is 13.9. The van der Waals surface area contributed by atoms with Crippen LogP contribution in [0.25, 0.3) is 0 Å². The van der Waals surface area contributed by atoms with Crippen molar-refractivity contribution in [3.8, 4) is 18.2 Å². The van der Waals surface area contributed by atoms with Crippen LogP contribution in [0, 0.1) is 34.0 Å². The van der Waals surface area contributed by atoms with Crippen molar-refractivity contribution >= 4 is 18.4 Å². The van der Waals surface area contributed by atoms with Gasteiger partial charge in [0, 0.05) is 30.3 Å². The molecule has 0 aliphatic heterocycles. The summed E-state index contributed by atoms with van der Waals surface area (Å²) >= 11 is 0. The first kappa shape index (κ1) is 32.6. The minimum atomic E-state index is -0.441. The Morgan fingerprint density at radius 1 is 0.931 bits per heavy atom. The predicted octanol–water partition coefficient (Wildman–Crippen LogP) is 2.88. The van der Waals surface area contributed by atoms with Gasteiger partial charge in [0.1, 0.15) is 0 Å². The van der Waals surface area contributed by atoms with Crippen LogP contribution in [0.3, 0.4) is 0 Å². The van der Waals surface area contributed by atoms with Crippen molar-refractivity contribution in [3.05, 3.63) is 23.4 Å². The van der Waals surface area contributed by atoms with Crippen molar-refractivity contribution in [1.82, 2.24) is 4.90 Å². The maximum atomic E-state index is 11.1. The average molecular weight is 404 g/mol. The molecule has 10 nitrogen and oxygen atoms in total. The molecule has 0 fully saturated rings. The van der Waals surface area contributed by atoms with E-state index in [1.54, 1.807) is 0 Å². The SMILES string of the molecule is CC/C(C#N)=C/CCC#N.CC/C(C#N)=C/N(CC)C(=O)OC.O=C=O.O=C=O. The molecule has 0 saturated carbocycles. The summed E-state index contributed by atoms with van der Waals surface area (Å²) in [5, 5.41) is 25.2. The minimum Gasteiger partial charge on any atom is -0.452 e. The van der Waals surface area contributed by atoms with E-state index in [4.69, 9.17) is 35.0 Å². The second-order valence-corrected chi connectivity index (χ2v) is 4.43. The number of nitrogens with zero attached hydrogens (tertiary/aromatic N) is 4. The Bertz CT molecular complexity index is 684. The molecule has 0 aliphatic rings. The van der Waals surface area contributed by atoms with E-state index in [0.717, 1.165) is 12.0 Å². The third-order valence-electron chi connectivity index (χ3n) is 2.76. The monoisotopic (exact) mass is 404 g/mol. The van der Waals surface area contributed by atoms with Gasteiger partial charge in [0.2, 0.25) is 0 Å². The van der Waals surface area contributed by atoms with Crippen LogP contribution >= 0.6 is 0 Å². The smallest absolute Gasteiger partial charge is 0.413 e. The summed E-state index contributed by atoms with van der Waals surface area (Å²) in [6, 6.07) is 6.09. The first-order valence-corrected chi connectivity index (χ1v) is 8.27. The summed E-state index contributed by atoms with van der Waals surface area (Å²) in [7, 11) is 1.32. The molecular weight excluding hydrogens is 380 g/mol. The van der Waals surface area contributed by atoms with Crippen LogP contribution in [-0.4, -0.2) is 37.0 Å². The number of nitriles is 3. The highest BCUT2D eigenvalue weighted by Crippen LogP contribution is 2.03. The van der Waals surface area contributed by atoms with Gasteiger partial charge in [-0.2, -0.15) is 35.0 Å². The van der Waals surface area contributed by atoms with Crippen LogP contribution in [0.5, 0.6) is 0 Å². The van der Waals surface area contributed by atoms with Gasteiger partial charge in [0.25, 0.3) is 0 Å². The van der Waals surface area contributed by atoms with Crippen LogP contribution in [0.15, 0.2) is 23.4 Å². The number of carbonyl (C=O) groups excluding carboxylic acids is 5. The fraction of sp³-hybridized carbons (Fsp3) is 0.474. The quantitative estimate of drug-likeness (QED) is 0.477. The van der Waals surface area contributed by atoms with Crippen LogP contribution in [0.4, 0.5) is 4.79 Å². The zero-order valence-electron chi connectivity index (χ0n) is 16.9. The average Bonchev–Trinajstić information content (AvgIpc) is 2.73. The summed E-state index contributed by atoms with van der Waals surface area (Å²) in [4.78, 5) is 44.9. The summed E-state index contributed by atoms with van der Waals surface area (Å²) in [5.41, 5.74) is 1.34.